The lowest BCUT2D eigenvalue weighted by molar-refractivity contribution is -0.116. The van der Waals surface area contributed by atoms with E-state index in [1.165, 1.54) is 0 Å². The molecule has 1 saturated heterocycles. The smallest absolute Gasteiger partial charge is 0.253 e. The summed E-state index contributed by atoms with van der Waals surface area (Å²) in [7, 11) is 0. The standard InChI is InChI=1S/C18H27N3O2/c1-3-21(4-2)18(23)15-6-5-7-16(12-15)20-17(22)9-8-14-10-11-19-13-14/h5-7,12,14,19H,3-4,8-11,13H2,1-2H3,(H,20,22). The summed E-state index contributed by atoms with van der Waals surface area (Å²) in [5.74, 6) is 0.629. The molecule has 2 rings (SSSR count). The van der Waals surface area contributed by atoms with E-state index in [1.807, 2.05) is 26.0 Å². The zero-order valence-corrected chi connectivity index (χ0v) is 14.1. The van der Waals surface area contributed by atoms with E-state index in [1.54, 1.807) is 17.0 Å². The Hall–Kier alpha value is -1.88. The lowest BCUT2D eigenvalue weighted by Crippen LogP contribution is -2.30. The highest BCUT2D eigenvalue weighted by Crippen LogP contribution is 2.16. The van der Waals surface area contributed by atoms with Crippen molar-refractivity contribution in [3.8, 4) is 0 Å². The Bertz CT molecular complexity index is 535. The Morgan fingerprint density at radius 3 is 2.74 bits per heavy atom. The highest BCUT2D eigenvalue weighted by molar-refractivity contribution is 5.97. The average Bonchev–Trinajstić information content (AvgIpc) is 3.08. The number of anilines is 1. The van der Waals surface area contributed by atoms with Gasteiger partial charge in [0.2, 0.25) is 5.91 Å². The van der Waals surface area contributed by atoms with Crippen molar-refractivity contribution in [3.05, 3.63) is 29.8 Å². The molecule has 1 atom stereocenters. The van der Waals surface area contributed by atoms with Crippen LogP contribution in [0.3, 0.4) is 0 Å². The fraction of sp³-hybridized carbons (Fsp3) is 0.556. The lowest BCUT2D eigenvalue weighted by atomic mass is 10.0. The van der Waals surface area contributed by atoms with E-state index in [9.17, 15) is 9.59 Å². The highest BCUT2D eigenvalue weighted by atomic mass is 16.2. The van der Waals surface area contributed by atoms with E-state index < -0.39 is 0 Å². The first kappa shape index (κ1) is 17.5. The van der Waals surface area contributed by atoms with Crippen LogP contribution in [0.4, 0.5) is 5.69 Å². The Balaban J connectivity index is 1.91. The first-order chi connectivity index (χ1) is 11.1. The predicted molar refractivity (Wildman–Crippen MR) is 92.5 cm³/mol. The quantitative estimate of drug-likeness (QED) is 0.812. The van der Waals surface area contributed by atoms with Crippen LogP contribution in [-0.4, -0.2) is 42.9 Å². The average molecular weight is 317 g/mol. The number of carbonyl (C=O) groups is 2. The Labute approximate surface area is 138 Å². The van der Waals surface area contributed by atoms with Gasteiger partial charge in [0.25, 0.3) is 5.91 Å². The molecular formula is C18H27N3O2. The molecule has 2 amide bonds. The SMILES string of the molecule is CCN(CC)C(=O)c1cccc(NC(=O)CCC2CCNC2)c1. The molecule has 0 radical (unpaired) electrons. The Morgan fingerprint density at radius 2 is 2.09 bits per heavy atom. The summed E-state index contributed by atoms with van der Waals surface area (Å²) in [6, 6.07) is 7.19. The molecule has 126 valence electrons. The number of carbonyl (C=O) groups excluding carboxylic acids is 2. The van der Waals surface area contributed by atoms with Crippen molar-refractivity contribution in [2.75, 3.05) is 31.5 Å². The van der Waals surface area contributed by atoms with Crippen LogP contribution in [0.5, 0.6) is 0 Å². The maximum absolute atomic E-state index is 12.4. The van der Waals surface area contributed by atoms with E-state index in [2.05, 4.69) is 10.6 Å². The summed E-state index contributed by atoms with van der Waals surface area (Å²) in [6.07, 6.45) is 2.60. The third-order valence-electron chi connectivity index (χ3n) is 4.39. The molecule has 5 heteroatoms. The van der Waals surface area contributed by atoms with Crippen LogP contribution in [0.25, 0.3) is 0 Å². The molecule has 5 nitrogen and oxygen atoms in total. The number of hydrogen-bond donors (Lipinski definition) is 2. The molecule has 1 heterocycles. The third-order valence-corrected chi connectivity index (χ3v) is 4.39. The number of rotatable bonds is 7. The second kappa shape index (κ2) is 8.67. The molecule has 0 spiro atoms. The summed E-state index contributed by atoms with van der Waals surface area (Å²) in [6.45, 7) is 7.36. The molecule has 0 saturated carbocycles. The van der Waals surface area contributed by atoms with E-state index in [-0.39, 0.29) is 11.8 Å². The molecule has 2 N–H and O–H groups in total. The molecule has 1 aromatic carbocycles. The normalized spacial score (nSPS) is 17.0. The van der Waals surface area contributed by atoms with E-state index in [0.717, 1.165) is 25.9 Å². The number of hydrogen-bond acceptors (Lipinski definition) is 3. The number of amides is 2. The topological polar surface area (TPSA) is 61.4 Å². The maximum atomic E-state index is 12.4. The summed E-state index contributed by atoms with van der Waals surface area (Å²) < 4.78 is 0. The van der Waals surface area contributed by atoms with Gasteiger partial charge in [0, 0.05) is 30.8 Å². The molecule has 0 aromatic heterocycles. The minimum absolute atomic E-state index is 0.00290. The largest absolute Gasteiger partial charge is 0.339 e. The van der Waals surface area contributed by atoms with Crippen LogP contribution in [0.15, 0.2) is 24.3 Å². The van der Waals surface area contributed by atoms with Gasteiger partial charge < -0.3 is 15.5 Å². The molecule has 1 unspecified atom stereocenters. The first-order valence-corrected chi connectivity index (χ1v) is 8.54. The zero-order valence-electron chi connectivity index (χ0n) is 14.1. The second-order valence-electron chi connectivity index (χ2n) is 6.00. The molecule has 1 aliphatic heterocycles. The highest BCUT2D eigenvalue weighted by Gasteiger charge is 2.16. The van der Waals surface area contributed by atoms with Gasteiger partial charge in [-0.25, -0.2) is 0 Å². The molecular weight excluding hydrogens is 290 g/mol. The van der Waals surface area contributed by atoms with Crippen molar-refractivity contribution in [1.29, 1.82) is 0 Å². The fourth-order valence-corrected chi connectivity index (χ4v) is 2.94. The zero-order chi connectivity index (χ0) is 16.7. The predicted octanol–water partition coefficient (Wildman–Crippen LogP) is 2.50. The lowest BCUT2D eigenvalue weighted by Gasteiger charge is -2.19. The number of nitrogens with one attached hydrogen (secondary N) is 2. The Kier molecular flexibility index (Phi) is 6.59. The molecule has 1 aliphatic rings. The number of benzene rings is 1. The van der Waals surface area contributed by atoms with E-state index in [0.29, 0.717) is 36.7 Å². The molecule has 1 aromatic rings. The van der Waals surface area contributed by atoms with Gasteiger partial charge in [-0.3, -0.25) is 9.59 Å². The monoisotopic (exact) mass is 317 g/mol. The van der Waals surface area contributed by atoms with Gasteiger partial charge in [-0.05, 0) is 63.9 Å². The number of nitrogens with zero attached hydrogens (tertiary/aromatic N) is 1. The molecule has 23 heavy (non-hydrogen) atoms. The van der Waals surface area contributed by atoms with Crippen LogP contribution >= 0.6 is 0 Å². The van der Waals surface area contributed by atoms with Crippen LogP contribution in [0, 0.1) is 5.92 Å². The van der Waals surface area contributed by atoms with Crippen LogP contribution < -0.4 is 10.6 Å². The van der Waals surface area contributed by atoms with Crippen LogP contribution in [0.1, 0.15) is 43.5 Å². The van der Waals surface area contributed by atoms with E-state index in [4.69, 9.17) is 0 Å². The minimum atomic E-state index is 0.00290. The van der Waals surface area contributed by atoms with Crippen molar-refractivity contribution < 1.29 is 9.59 Å². The van der Waals surface area contributed by atoms with Gasteiger partial charge in [-0.2, -0.15) is 0 Å². The van der Waals surface area contributed by atoms with Gasteiger partial charge in [0.05, 0.1) is 0 Å². The van der Waals surface area contributed by atoms with Crippen molar-refractivity contribution >= 4 is 17.5 Å². The van der Waals surface area contributed by atoms with Crippen LogP contribution in [0.2, 0.25) is 0 Å². The summed E-state index contributed by atoms with van der Waals surface area (Å²) in [5, 5.41) is 6.22. The van der Waals surface area contributed by atoms with Crippen LogP contribution in [-0.2, 0) is 4.79 Å². The van der Waals surface area contributed by atoms with Gasteiger partial charge in [0.1, 0.15) is 0 Å². The van der Waals surface area contributed by atoms with Crippen molar-refractivity contribution in [2.45, 2.75) is 33.1 Å². The van der Waals surface area contributed by atoms with Crippen molar-refractivity contribution in [1.82, 2.24) is 10.2 Å². The van der Waals surface area contributed by atoms with Crippen molar-refractivity contribution in [3.63, 3.8) is 0 Å². The molecule has 0 aliphatic carbocycles. The third kappa shape index (κ3) is 5.06. The Morgan fingerprint density at radius 1 is 1.30 bits per heavy atom. The van der Waals surface area contributed by atoms with Crippen molar-refractivity contribution in [2.24, 2.45) is 5.92 Å². The van der Waals surface area contributed by atoms with Gasteiger partial charge >= 0.3 is 0 Å². The maximum Gasteiger partial charge on any atom is 0.253 e. The minimum Gasteiger partial charge on any atom is -0.339 e. The molecule has 1 fully saturated rings. The van der Waals surface area contributed by atoms with Gasteiger partial charge in [-0.1, -0.05) is 6.07 Å². The summed E-state index contributed by atoms with van der Waals surface area (Å²) in [4.78, 5) is 26.2. The molecule has 0 bridgehead atoms. The fourth-order valence-electron chi connectivity index (χ4n) is 2.94. The first-order valence-electron chi connectivity index (χ1n) is 8.54. The van der Waals surface area contributed by atoms with E-state index >= 15 is 0 Å². The summed E-state index contributed by atoms with van der Waals surface area (Å²) in [5.41, 5.74) is 1.31. The second-order valence-corrected chi connectivity index (χ2v) is 6.00. The summed E-state index contributed by atoms with van der Waals surface area (Å²) >= 11 is 0. The van der Waals surface area contributed by atoms with Gasteiger partial charge in [0.15, 0.2) is 0 Å². The van der Waals surface area contributed by atoms with Gasteiger partial charge in [-0.15, -0.1) is 0 Å².